The van der Waals surface area contributed by atoms with Gasteiger partial charge in [0.15, 0.2) is 0 Å². The molecule has 6 nitrogen and oxygen atoms in total. The zero-order chi connectivity index (χ0) is 12.3. The molecule has 2 amide bonds. The third kappa shape index (κ3) is 1.28. The van der Waals surface area contributed by atoms with Crippen LogP contribution < -0.4 is 0 Å². The van der Waals surface area contributed by atoms with Crippen molar-refractivity contribution in [1.29, 1.82) is 0 Å². The van der Waals surface area contributed by atoms with E-state index in [4.69, 9.17) is 9.47 Å². The fourth-order valence-corrected chi connectivity index (χ4v) is 3.73. The molecule has 2 bridgehead atoms. The monoisotopic (exact) mass is 252 g/mol. The highest BCUT2D eigenvalue weighted by atomic mass is 16.5. The maximum absolute atomic E-state index is 12.4. The Labute approximate surface area is 105 Å². The van der Waals surface area contributed by atoms with Crippen molar-refractivity contribution in [3.05, 3.63) is 0 Å². The number of hydrogen-bond donors (Lipinski definition) is 0. The summed E-state index contributed by atoms with van der Waals surface area (Å²) in [5, 5.41) is 3.22. The predicted molar refractivity (Wildman–Crippen MR) is 59.1 cm³/mol. The Morgan fingerprint density at radius 1 is 0.944 bits per heavy atom. The van der Waals surface area contributed by atoms with E-state index in [0.29, 0.717) is 26.3 Å². The van der Waals surface area contributed by atoms with E-state index in [1.165, 1.54) is 5.01 Å². The van der Waals surface area contributed by atoms with E-state index >= 15 is 0 Å². The minimum atomic E-state index is -0.223. The van der Waals surface area contributed by atoms with Gasteiger partial charge in [0.1, 0.15) is 0 Å². The number of ether oxygens (including phenoxy) is 2. The summed E-state index contributed by atoms with van der Waals surface area (Å²) >= 11 is 0. The van der Waals surface area contributed by atoms with Gasteiger partial charge in [0.25, 0.3) is 11.8 Å². The standard InChI is InChI=1S/C12H16N2O4/c15-11-9-7-1-2-8(18-7)10(9)12(16)14(11)13-3-5-17-6-4-13/h7-10H,1-6H2/t7-,8-,9?,10?/m1/s1. The second kappa shape index (κ2) is 3.76. The summed E-state index contributed by atoms with van der Waals surface area (Å²) in [5.74, 6) is -0.559. The summed E-state index contributed by atoms with van der Waals surface area (Å²) in [6.45, 7) is 2.39. The van der Waals surface area contributed by atoms with Crippen LogP contribution in [0.3, 0.4) is 0 Å². The van der Waals surface area contributed by atoms with Crippen LogP contribution in [0.1, 0.15) is 12.8 Å². The lowest BCUT2D eigenvalue weighted by Crippen LogP contribution is -2.52. The van der Waals surface area contributed by atoms with Gasteiger partial charge in [0, 0.05) is 13.1 Å². The van der Waals surface area contributed by atoms with Crippen LogP contribution in [-0.2, 0) is 19.1 Å². The lowest BCUT2D eigenvalue weighted by molar-refractivity contribution is -0.168. The molecule has 0 radical (unpaired) electrons. The first-order chi connectivity index (χ1) is 8.77. The summed E-state index contributed by atoms with van der Waals surface area (Å²) in [5.41, 5.74) is 0. The Hall–Kier alpha value is -0.980. The summed E-state index contributed by atoms with van der Waals surface area (Å²) in [4.78, 5) is 24.9. The number of fused-ring (bicyclic) bond motifs is 5. The molecule has 18 heavy (non-hydrogen) atoms. The van der Waals surface area contributed by atoms with E-state index in [-0.39, 0.29) is 35.9 Å². The normalized spacial score (nSPS) is 43.9. The fraction of sp³-hybridized carbons (Fsp3) is 0.833. The number of amides is 2. The molecule has 0 aliphatic carbocycles. The Morgan fingerprint density at radius 3 is 2.06 bits per heavy atom. The molecule has 0 spiro atoms. The maximum Gasteiger partial charge on any atom is 0.250 e. The molecule has 4 atom stereocenters. The molecule has 6 heteroatoms. The van der Waals surface area contributed by atoms with Gasteiger partial charge in [-0.15, -0.1) is 0 Å². The highest BCUT2D eigenvalue weighted by Crippen LogP contribution is 2.48. The summed E-state index contributed by atoms with van der Waals surface area (Å²) in [6.07, 6.45) is 1.79. The number of rotatable bonds is 1. The minimum Gasteiger partial charge on any atom is -0.379 e. The van der Waals surface area contributed by atoms with Gasteiger partial charge >= 0.3 is 0 Å². The number of hydrogen-bond acceptors (Lipinski definition) is 5. The average molecular weight is 252 g/mol. The van der Waals surface area contributed by atoms with E-state index < -0.39 is 0 Å². The molecule has 4 rings (SSSR count). The van der Waals surface area contributed by atoms with Crippen LogP contribution >= 0.6 is 0 Å². The topological polar surface area (TPSA) is 59.1 Å². The lowest BCUT2D eigenvalue weighted by atomic mass is 9.81. The molecule has 4 aliphatic rings. The van der Waals surface area contributed by atoms with Gasteiger partial charge in [0.05, 0.1) is 37.3 Å². The second-order valence-corrected chi connectivity index (χ2v) is 5.40. The molecule has 0 saturated carbocycles. The van der Waals surface area contributed by atoms with Gasteiger partial charge in [-0.05, 0) is 12.8 Å². The molecule has 98 valence electrons. The van der Waals surface area contributed by atoms with Gasteiger partial charge in [-0.1, -0.05) is 0 Å². The van der Waals surface area contributed by atoms with Gasteiger partial charge < -0.3 is 9.47 Å². The summed E-state index contributed by atoms with van der Waals surface area (Å²) in [7, 11) is 0. The molecule has 2 unspecified atom stereocenters. The van der Waals surface area contributed by atoms with Gasteiger partial charge in [-0.3, -0.25) is 9.59 Å². The van der Waals surface area contributed by atoms with E-state index in [1.54, 1.807) is 0 Å². The molecule has 4 heterocycles. The van der Waals surface area contributed by atoms with Crippen LogP contribution in [0.2, 0.25) is 0 Å². The maximum atomic E-state index is 12.4. The van der Waals surface area contributed by atoms with Crippen molar-refractivity contribution in [2.24, 2.45) is 11.8 Å². The van der Waals surface area contributed by atoms with Crippen LogP contribution in [0, 0.1) is 11.8 Å². The van der Waals surface area contributed by atoms with Gasteiger partial charge in [-0.25, -0.2) is 10.0 Å². The zero-order valence-corrected chi connectivity index (χ0v) is 10.1. The van der Waals surface area contributed by atoms with E-state index in [0.717, 1.165) is 12.8 Å². The van der Waals surface area contributed by atoms with Crippen molar-refractivity contribution in [3.63, 3.8) is 0 Å². The molecule has 4 aliphatic heterocycles. The fourth-order valence-electron chi connectivity index (χ4n) is 3.73. The number of carbonyl (C=O) groups excluding carboxylic acids is 2. The van der Waals surface area contributed by atoms with Crippen molar-refractivity contribution >= 4 is 11.8 Å². The SMILES string of the molecule is O=C1C2C(C(=O)N1N1CCOCC1)[C@H]1CC[C@H]2O1. The molecular formula is C12H16N2O4. The molecule has 4 saturated heterocycles. The van der Waals surface area contributed by atoms with Crippen LogP contribution in [-0.4, -0.2) is 60.3 Å². The van der Waals surface area contributed by atoms with Gasteiger partial charge in [0.2, 0.25) is 0 Å². The Kier molecular flexibility index (Phi) is 2.27. The van der Waals surface area contributed by atoms with Crippen molar-refractivity contribution in [2.45, 2.75) is 25.0 Å². The highest BCUT2D eigenvalue weighted by Gasteiger charge is 2.63. The largest absolute Gasteiger partial charge is 0.379 e. The number of hydrazine groups is 1. The molecular weight excluding hydrogens is 236 g/mol. The van der Waals surface area contributed by atoms with E-state index in [2.05, 4.69) is 0 Å². The zero-order valence-electron chi connectivity index (χ0n) is 10.1. The first-order valence-corrected chi connectivity index (χ1v) is 6.63. The van der Waals surface area contributed by atoms with Crippen molar-refractivity contribution in [2.75, 3.05) is 26.3 Å². The molecule has 0 aromatic rings. The van der Waals surface area contributed by atoms with Crippen molar-refractivity contribution in [3.8, 4) is 0 Å². The average Bonchev–Trinajstić information content (AvgIpc) is 3.05. The molecule has 0 aromatic heterocycles. The smallest absolute Gasteiger partial charge is 0.250 e. The third-order valence-corrected chi connectivity index (χ3v) is 4.53. The quantitative estimate of drug-likeness (QED) is 0.583. The molecule has 0 aromatic carbocycles. The highest BCUT2D eigenvalue weighted by molar-refractivity contribution is 6.05. The molecule has 0 N–H and O–H groups in total. The van der Waals surface area contributed by atoms with Gasteiger partial charge in [-0.2, -0.15) is 0 Å². The Morgan fingerprint density at radius 2 is 1.50 bits per heavy atom. The van der Waals surface area contributed by atoms with Crippen LogP contribution in [0.4, 0.5) is 0 Å². The van der Waals surface area contributed by atoms with E-state index in [1.807, 2.05) is 5.01 Å². The first-order valence-electron chi connectivity index (χ1n) is 6.63. The minimum absolute atomic E-state index is 0.0255. The predicted octanol–water partition coefficient (Wildman–Crippen LogP) is -0.604. The number of imide groups is 1. The summed E-state index contributed by atoms with van der Waals surface area (Å²) < 4.78 is 11.0. The van der Waals surface area contributed by atoms with Crippen molar-refractivity contribution in [1.82, 2.24) is 10.0 Å². The number of carbonyl (C=O) groups is 2. The van der Waals surface area contributed by atoms with E-state index in [9.17, 15) is 9.59 Å². The number of nitrogens with zero attached hydrogens (tertiary/aromatic N) is 2. The van der Waals surface area contributed by atoms with Crippen LogP contribution in [0.5, 0.6) is 0 Å². The Balaban J connectivity index is 1.62. The lowest BCUT2D eigenvalue weighted by Gasteiger charge is -2.33. The number of morpholine rings is 1. The second-order valence-electron chi connectivity index (χ2n) is 5.40. The van der Waals surface area contributed by atoms with Crippen LogP contribution in [0.25, 0.3) is 0 Å². The first kappa shape index (κ1) is 10.9. The third-order valence-electron chi connectivity index (χ3n) is 4.53. The van der Waals surface area contributed by atoms with Crippen molar-refractivity contribution < 1.29 is 19.1 Å². The summed E-state index contributed by atoms with van der Waals surface area (Å²) in [6, 6.07) is 0. The molecule has 4 fully saturated rings. The van der Waals surface area contributed by atoms with Crippen LogP contribution in [0.15, 0.2) is 0 Å². The Bertz CT molecular complexity index is 379.